The van der Waals surface area contributed by atoms with Crippen molar-refractivity contribution in [2.24, 2.45) is 0 Å². The van der Waals surface area contributed by atoms with Gasteiger partial charge in [-0.15, -0.1) is 0 Å². The molecule has 3 heteroatoms. The molecule has 23 heavy (non-hydrogen) atoms. The maximum absolute atomic E-state index is 12.3. The molecule has 0 radical (unpaired) electrons. The number of carbonyl (C=O) groups excluding carboxylic acids is 1. The molecule has 1 aromatic heterocycles. The van der Waals surface area contributed by atoms with E-state index in [1.807, 2.05) is 37.4 Å². The number of benzene rings is 2. The van der Waals surface area contributed by atoms with E-state index in [1.165, 1.54) is 10.8 Å². The molecule has 3 aromatic rings. The molecule has 0 unspecified atom stereocenters. The number of fused-ring (bicyclic) bond motifs is 1. The summed E-state index contributed by atoms with van der Waals surface area (Å²) >= 11 is 0. The van der Waals surface area contributed by atoms with Crippen LogP contribution in [0.5, 0.6) is 0 Å². The monoisotopic (exact) mass is 302 g/mol. The highest BCUT2D eigenvalue weighted by Crippen LogP contribution is 2.19. The summed E-state index contributed by atoms with van der Waals surface area (Å²) in [5.74, 6) is -0.0261. The van der Waals surface area contributed by atoms with Crippen molar-refractivity contribution in [1.82, 2.24) is 9.88 Å². The van der Waals surface area contributed by atoms with E-state index in [0.717, 1.165) is 11.1 Å². The Morgan fingerprint density at radius 1 is 1.09 bits per heavy atom. The topological polar surface area (TPSA) is 33.2 Å². The lowest BCUT2D eigenvalue weighted by Gasteiger charge is -2.16. The smallest absolute Gasteiger partial charge is 0.246 e. The molecule has 0 aliphatic heterocycles. The Morgan fingerprint density at radius 2 is 1.91 bits per heavy atom. The number of hydrogen-bond acceptors (Lipinski definition) is 2. The van der Waals surface area contributed by atoms with E-state index in [9.17, 15) is 4.79 Å². The Hall–Kier alpha value is -2.94. The first-order valence-corrected chi connectivity index (χ1v) is 7.54. The van der Waals surface area contributed by atoms with E-state index in [0.29, 0.717) is 6.54 Å². The van der Waals surface area contributed by atoms with Crippen LogP contribution in [0, 0.1) is 0 Å². The van der Waals surface area contributed by atoms with Crippen LogP contribution in [0.2, 0.25) is 0 Å². The van der Waals surface area contributed by atoms with E-state index in [-0.39, 0.29) is 5.91 Å². The standard InChI is InChI=1S/C20H18N2O/c1-22(20(23)12-11-16-6-5-13-21-14-16)15-18-9-4-8-17-7-2-3-10-19(17)18/h2-14H,15H2,1H3/b12-11+. The van der Waals surface area contributed by atoms with E-state index in [4.69, 9.17) is 0 Å². The zero-order valence-corrected chi connectivity index (χ0v) is 13.0. The summed E-state index contributed by atoms with van der Waals surface area (Å²) in [6.07, 6.45) is 6.82. The number of hydrogen-bond donors (Lipinski definition) is 0. The summed E-state index contributed by atoms with van der Waals surface area (Å²) in [4.78, 5) is 18.0. The molecule has 0 atom stereocenters. The molecule has 3 nitrogen and oxygen atoms in total. The molecule has 1 amide bonds. The Morgan fingerprint density at radius 3 is 2.74 bits per heavy atom. The largest absolute Gasteiger partial charge is 0.338 e. The lowest BCUT2D eigenvalue weighted by atomic mass is 10.0. The van der Waals surface area contributed by atoms with Crippen LogP contribution >= 0.6 is 0 Å². The maximum atomic E-state index is 12.3. The summed E-state index contributed by atoms with van der Waals surface area (Å²) in [5, 5.41) is 2.38. The first-order valence-electron chi connectivity index (χ1n) is 7.54. The van der Waals surface area contributed by atoms with Gasteiger partial charge in [0.2, 0.25) is 5.91 Å². The molecule has 0 fully saturated rings. The number of pyridine rings is 1. The second-order valence-electron chi connectivity index (χ2n) is 5.45. The molecule has 1 heterocycles. The van der Waals surface area contributed by atoms with Gasteiger partial charge in [0.25, 0.3) is 0 Å². The molecule has 0 saturated heterocycles. The minimum Gasteiger partial charge on any atom is -0.338 e. The summed E-state index contributed by atoms with van der Waals surface area (Å²) in [7, 11) is 1.82. The van der Waals surface area contributed by atoms with Crippen LogP contribution in [0.1, 0.15) is 11.1 Å². The number of carbonyl (C=O) groups is 1. The fourth-order valence-corrected chi connectivity index (χ4v) is 2.53. The molecular formula is C20H18N2O. The third kappa shape index (κ3) is 3.64. The number of likely N-dealkylation sites (N-methyl/N-ethyl adjacent to an activating group) is 1. The molecule has 0 aliphatic carbocycles. The number of rotatable bonds is 4. The van der Waals surface area contributed by atoms with Crippen LogP contribution in [0.4, 0.5) is 0 Å². The average molecular weight is 302 g/mol. The normalized spacial score (nSPS) is 11.0. The van der Waals surface area contributed by atoms with Crippen LogP contribution in [0.3, 0.4) is 0 Å². The zero-order valence-electron chi connectivity index (χ0n) is 13.0. The van der Waals surface area contributed by atoms with Gasteiger partial charge in [-0.25, -0.2) is 0 Å². The summed E-state index contributed by atoms with van der Waals surface area (Å²) < 4.78 is 0. The molecule has 3 rings (SSSR count). The van der Waals surface area contributed by atoms with Gasteiger partial charge in [-0.3, -0.25) is 9.78 Å². The quantitative estimate of drug-likeness (QED) is 0.685. The Kier molecular flexibility index (Phi) is 4.48. The van der Waals surface area contributed by atoms with Gasteiger partial charge < -0.3 is 4.90 Å². The van der Waals surface area contributed by atoms with Crippen LogP contribution in [0.15, 0.2) is 73.1 Å². The predicted molar refractivity (Wildman–Crippen MR) is 93.7 cm³/mol. The SMILES string of the molecule is CN(Cc1cccc2ccccc12)C(=O)/C=C/c1cccnc1. The molecule has 0 spiro atoms. The molecule has 0 saturated carbocycles. The Bertz CT molecular complexity index is 835. The van der Waals surface area contributed by atoms with E-state index < -0.39 is 0 Å². The highest BCUT2D eigenvalue weighted by molar-refractivity contribution is 5.92. The minimum absolute atomic E-state index is 0.0261. The van der Waals surface area contributed by atoms with E-state index in [2.05, 4.69) is 29.2 Å². The summed E-state index contributed by atoms with van der Waals surface area (Å²) in [6, 6.07) is 18.2. The van der Waals surface area contributed by atoms with E-state index in [1.54, 1.807) is 29.4 Å². The van der Waals surface area contributed by atoms with Gasteiger partial charge in [0.05, 0.1) is 0 Å². The van der Waals surface area contributed by atoms with Crippen molar-refractivity contribution in [3.8, 4) is 0 Å². The van der Waals surface area contributed by atoms with Gasteiger partial charge in [-0.1, -0.05) is 48.5 Å². The Balaban J connectivity index is 1.74. The van der Waals surface area contributed by atoms with Gasteiger partial charge in [-0.05, 0) is 34.0 Å². The minimum atomic E-state index is -0.0261. The van der Waals surface area contributed by atoms with Gasteiger partial charge >= 0.3 is 0 Å². The van der Waals surface area contributed by atoms with Crippen LogP contribution in [0.25, 0.3) is 16.8 Å². The average Bonchev–Trinajstić information content (AvgIpc) is 2.61. The van der Waals surface area contributed by atoms with E-state index >= 15 is 0 Å². The number of nitrogens with zero attached hydrogens (tertiary/aromatic N) is 2. The lowest BCUT2D eigenvalue weighted by Crippen LogP contribution is -2.24. The second-order valence-corrected chi connectivity index (χ2v) is 5.45. The van der Waals surface area contributed by atoms with Gasteiger partial charge in [0, 0.05) is 32.1 Å². The molecule has 114 valence electrons. The molecule has 0 N–H and O–H groups in total. The van der Waals surface area contributed by atoms with Gasteiger partial charge in [0.1, 0.15) is 0 Å². The van der Waals surface area contributed by atoms with Crippen molar-refractivity contribution in [2.45, 2.75) is 6.54 Å². The lowest BCUT2D eigenvalue weighted by molar-refractivity contribution is -0.125. The predicted octanol–water partition coefficient (Wildman–Crippen LogP) is 3.91. The van der Waals surface area contributed by atoms with Crippen molar-refractivity contribution in [3.05, 3.63) is 84.2 Å². The Labute approximate surface area is 135 Å². The van der Waals surface area contributed by atoms with Gasteiger partial charge in [-0.2, -0.15) is 0 Å². The van der Waals surface area contributed by atoms with Crippen LogP contribution in [-0.2, 0) is 11.3 Å². The van der Waals surface area contributed by atoms with Crippen LogP contribution in [-0.4, -0.2) is 22.8 Å². The third-order valence-electron chi connectivity index (χ3n) is 3.77. The molecule has 0 aliphatic rings. The van der Waals surface area contributed by atoms with Crippen molar-refractivity contribution in [2.75, 3.05) is 7.05 Å². The summed E-state index contributed by atoms with van der Waals surface area (Å²) in [6.45, 7) is 0.581. The van der Waals surface area contributed by atoms with Crippen molar-refractivity contribution < 1.29 is 4.79 Å². The fraction of sp³-hybridized carbons (Fsp3) is 0.100. The molecular weight excluding hydrogens is 284 g/mol. The van der Waals surface area contributed by atoms with Crippen molar-refractivity contribution in [1.29, 1.82) is 0 Å². The van der Waals surface area contributed by atoms with Crippen LogP contribution < -0.4 is 0 Å². The fourth-order valence-electron chi connectivity index (χ4n) is 2.53. The third-order valence-corrected chi connectivity index (χ3v) is 3.77. The molecule has 0 bridgehead atoms. The first-order chi connectivity index (χ1) is 11.2. The maximum Gasteiger partial charge on any atom is 0.246 e. The zero-order chi connectivity index (χ0) is 16.1. The van der Waals surface area contributed by atoms with Gasteiger partial charge in [0.15, 0.2) is 0 Å². The van der Waals surface area contributed by atoms with Crippen molar-refractivity contribution >= 4 is 22.8 Å². The number of aromatic nitrogens is 1. The number of amides is 1. The van der Waals surface area contributed by atoms with Crippen molar-refractivity contribution in [3.63, 3.8) is 0 Å². The highest BCUT2D eigenvalue weighted by atomic mass is 16.2. The first kappa shape index (κ1) is 15.0. The summed E-state index contributed by atoms with van der Waals surface area (Å²) in [5.41, 5.74) is 2.06. The second kappa shape index (κ2) is 6.88. The molecule has 2 aromatic carbocycles. The highest BCUT2D eigenvalue weighted by Gasteiger charge is 2.08.